The van der Waals surface area contributed by atoms with Crippen LogP contribution in [0.5, 0.6) is 5.75 Å². The van der Waals surface area contributed by atoms with Crippen molar-refractivity contribution in [2.75, 3.05) is 6.61 Å². The highest BCUT2D eigenvalue weighted by Crippen LogP contribution is 2.17. The summed E-state index contributed by atoms with van der Waals surface area (Å²) in [6.07, 6.45) is 0. The van der Waals surface area contributed by atoms with Crippen LogP contribution in [-0.4, -0.2) is 18.5 Å². The highest BCUT2D eigenvalue weighted by molar-refractivity contribution is 5.95. The van der Waals surface area contributed by atoms with Gasteiger partial charge < -0.3 is 15.2 Å². The molecule has 0 saturated heterocycles. The van der Waals surface area contributed by atoms with Crippen molar-refractivity contribution in [3.63, 3.8) is 0 Å². The van der Waals surface area contributed by atoms with E-state index in [-0.39, 0.29) is 23.5 Å². The van der Waals surface area contributed by atoms with Gasteiger partial charge in [0.15, 0.2) is 6.61 Å². The van der Waals surface area contributed by atoms with E-state index in [1.807, 2.05) is 0 Å². The molecule has 0 aliphatic heterocycles. The van der Waals surface area contributed by atoms with Crippen LogP contribution in [0.3, 0.4) is 0 Å². The Balaban J connectivity index is 1.89. The third kappa shape index (κ3) is 4.05. The van der Waals surface area contributed by atoms with E-state index in [1.165, 1.54) is 24.3 Å². The Hall–Kier alpha value is -2.89. The van der Waals surface area contributed by atoms with Gasteiger partial charge in [-0.1, -0.05) is 30.3 Å². The van der Waals surface area contributed by atoms with E-state index in [0.29, 0.717) is 0 Å². The summed E-state index contributed by atoms with van der Waals surface area (Å²) in [6, 6.07) is 12.3. The van der Waals surface area contributed by atoms with Crippen LogP contribution in [0.4, 0.5) is 4.39 Å². The number of esters is 1. The summed E-state index contributed by atoms with van der Waals surface area (Å²) >= 11 is 0. The second-order valence-corrected chi connectivity index (χ2v) is 4.40. The molecule has 0 aliphatic rings. The predicted molar refractivity (Wildman–Crippen MR) is 76.7 cm³/mol. The number of benzene rings is 2. The van der Waals surface area contributed by atoms with E-state index in [1.54, 1.807) is 24.3 Å². The molecule has 2 N–H and O–H groups in total. The molecular weight excluding hydrogens is 289 g/mol. The molecule has 1 amide bonds. The lowest BCUT2D eigenvalue weighted by Gasteiger charge is -2.09. The number of primary amides is 1. The number of halogens is 1. The van der Waals surface area contributed by atoms with E-state index >= 15 is 0 Å². The van der Waals surface area contributed by atoms with Gasteiger partial charge in [-0.05, 0) is 18.2 Å². The van der Waals surface area contributed by atoms with Gasteiger partial charge >= 0.3 is 5.97 Å². The van der Waals surface area contributed by atoms with Gasteiger partial charge in [0.25, 0.3) is 5.91 Å². The number of hydrogen-bond acceptors (Lipinski definition) is 4. The Labute approximate surface area is 126 Å². The summed E-state index contributed by atoms with van der Waals surface area (Å²) in [5.41, 5.74) is 5.64. The molecule has 2 aromatic carbocycles. The zero-order chi connectivity index (χ0) is 15.9. The SMILES string of the molecule is NC(=O)c1ccccc1OCC(=O)OCc1ccccc1F. The molecule has 0 unspecified atom stereocenters. The molecule has 0 saturated carbocycles. The van der Waals surface area contributed by atoms with Crippen LogP contribution in [0.2, 0.25) is 0 Å². The molecule has 114 valence electrons. The van der Waals surface area contributed by atoms with Crippen LogP contribution in [0.15, 0.2) is 48.5 Å². The van der Waals surface area contributed by atoms with Crippen LogP contribution < -0.4 is 10.5 Å². The van der Waals surface area contributed by atoms with Crippen molar-refractivity contribution in [3.8, 4) is 5.75 Å². The minimum absolute atomic E-state index is 0.171. The molecule has 6 heteroatoms. The second kappa shape index (κ2) is 7.21. The number of hydrogen-bond donors (Lipinski definition) is 1. The lowest BCUT2D eigenvalue weighted by molar-refractivity contribution is -0.147. The number of nitrogens with two attached hydrogens (primary N) is 1. The highest BCUT2D eigenvalue weighted by Gasteiger charge is 2.11. The number of rotatable bonds is 6. The molecule has 0 aliphatic carbocycles. The molecule has 0 aromatic heterocycles. The van der Waals surface area contributed by atoms with E-state index in [4.69, 9.17) is 15.2 Å². The Bertz CT molecular complexity index is 687. The van der Waals surface area contributed by atoms with Crippen molar-refractivity contribution in [2.24, 2.45) is 5.73 Å². The van der Waals surface area contributed by atoms with E-state index in [0.717, 1.165) is 0 Å². The first kappa shape index (κ1) is 15.5. The molecule has 0 radical (unpaired) electrons. The standard InChI is InChI=1S/C16H14FNO4/c17-13-7-3-1-5-11(13)9-22-15(19)10-21-14-8-4-2-6-12(14)16(18)20/h1-8H,9-10H2,(H2,18,20). The fourth-order valence-corrected chi connectivity index (χ4v) is 1.75. The Kier molecular flexibility index (Phi) is 5.08. The van der Waals surface area contributed by atoms with E-state index < -0.39 is 24.3 Å². The smallest absolute Gasteiger partial charge is 0.344 e. The maximum absolute atomic E-state index is 13.4. The monoisotopic (exact) mass is 303 g/mol. The summed E-state index contributed by atoms with van der Waals surface area (Å²) in [7, 11) is 0. The van der Waals surface area contributed by atoms with Crippen LogP contribution in [0, 0.1) is 5.82 Å². The van der Waals surface area contributed by atoms with Gasteiger partial charge in [-0.3, -0.25) is 4.79 Å². The first-order valence-corrected chi connectivity index (χ1v) is 6.48. The molecule has 0 heterocycles. The summed E-state index contributed by atoms with van der Waals surface area (Å²) < 4.78 is 23.5. The Morgan fingerprint density at radius 1 is 1.05 bits per heavy atom. The highest BCUT2D eigenvalue weighted by atomic mass is 19.1. The zero-order valence-corrected chi connectivity index (χ0v) is 11.6. The van der Waals surface area contributed by atoms with E-state index in [2.05, 4.69) is 0 Å². The van der Waals surface area contributed by atoms with Gasteiger partial charge in [0, 0.05) is 5.56 Å². The van der Waals surface area contributed by atoms with Crippen LogP contribution in [0.1, 0.15) is 15.9 Å². The van der Waals surface area contributed by atoms with Gasteiger partial charge in [0.1, 0.15) is 18.2 Å². The van der Waals surface area contributed by atoms with Gasteiger partial charge in [-0.2, -0.15) is 0 Å². The molecule has 0 atom stereocenters. The summed E-state index contributed by atoms with van der Waals surface area (Å²) in [6.45, 7) is -0.592. The quantitative estimate of drug-likeness (QED) is 0.828. The fraction of sp³-hybridized carbons (Fsp3) is 0.125. The Morgan fingerprint density at radius 2 is 1.73 bits per heavy atom. The maximum Gasteiger partial charge on any atom is 0.344 e. The molecule has 22 heavy (non-hydrogen) atoms. The van der Waals surface area contributed by atoms with Gasteiger partial charge in [0.05, 0.1) is 5.56 Å². The third-order valence-corrected chi connectivity index (χ3v) is 2.84. The van der Waals surface area contributed by atoms with Crippen molar-refractivity contribution in [1.29, 1.82) is 0 Å². The van der Waals surface area contributed by atoms with Crippen molar-refractivity contribution in [3.05, 3.63) is 65.5 Å². The van der Waals surface area contributed by atoms with E-state index in [9.17, 15) is 14.0 Å². The Morgan fingerprint density at radius 3 is 2.45 bits per heavy atom. The lowest BCUT2D eigenvalue weighted by atomic mass is 10.2. The maximum atomic E-state index is 13.4. The van der Waals surface area contributed by atoms with Gasteiger partial charge in [-0.15, -0.1) is 0 Å². The normalized spacial score (nSPS) is 10.0. The zero-order valence-electron chi connectivity index (χ0n) is 11.6. The predicted octanol–water partition coefficient (Wildman–Crippen LogP) is 2.05. The number of carbonyl (C=O) groups is 2. The molecule has 2 aromatic rings. The molecular formula is C16H14FNO4. The fourth-order valence-electron chi connectivity index (χ4n) is 1.75. The van der Waals surface area contributed by atoms with Crippen molar-refractivity contribution < 1.29 is 23.5 Å². The molecule has 5 nitrogen and oxygen atoms in total. The summed E-state index contributed by atoms with van der Waals surface area (Å²) in [5.74, 6) is -1.59. The molecule has 0 bridgehead atoms. The van der Waals surface area contributed by atoms with Crippen molar-refractivity contribution >= 4 is 11.9 Å². The molecule has 2 rings (SSSR count). The van der Waals surface area contributed by atoms with Gasteiger partial charge in [0.2, 0.25) is 0 Å². The van der Waals surface area contributed by atoms with Crippen molar-refractivity contribution in [2.45, 2.75) is 6.61 Å². The third-order valence-electron chi connectivity index (χ3n) is 2.84. The molecule has 0 fully saturated rings. The van der Waals surface area contributed by atoms with Crippen LogP contribution >= 0.6 is 0 Å². The number of amides is 1. The topological polar surface area (TPSA) is 78.6 Å². The first-order chi connectivity index (χ1) is 10.6. The van der Waals surface area contributed by atoms with Crippen molar-refractivity contribution in [1.82, 2.24) is 0 Å². The lowest BCUT2D eigenvalue weighted by Crippen LogP contribution is -2.18. The minimum atomic E-state index is -0.678. The average molecular weight is 303 g/mol. The van der Waals surface area contributed by atoms with Crippen LogP contribution in [0.25, 0.3) is 0 Å². The largest absolute Gasteiger partial charge is 0.481 e. The van der Waals surface area contributed by atoms with Crippen LogP contribution in [-0.2, 0) is 16.1 Å². The number of ether oxygens (including phenoxy) is 2. The summed E-state index contributed by atoms with van der Waals surface area (Å²) in [4.78, 5) is 22.8. The average Bonchev–Trinajstić information content (AvgIpc) is 2.52. The minimum Gasteiger partial charge on any atom is -0.481 e. The second-order valence-electron chi connectivity index (χ2n) is 4.40. The number of para-hydroxylation sites is 1. The molecule has 0 spiro atoms. The summed E-state index contributed by atoms with van der Waals surface area (Å²) in [5, 5.41) is 0. The first-order valence-electron chi connectivity index (χ1n) is 6.48. The van der Waals surface area contributed by atoms with Gasteiger partial charge in [-0.25, -0.2) is 9.18 Å². The number of carbonyl (C=O) groups excluding carboxylic acids is 2.